The van der Waals surface area contributed by atoms with Crippen molar-refractivity contribution in [2.75, 3.05) is 6.54 Å². The number of esters is 1. The second-order valence-corrected chi connectivity index (χ2v) is 9.02. The minimum atomic E-state index is -0.697. The van der Waals surface area contributed by atoms with Crippen molar-refractivity contribution in [3.63, 3.8) is 0 Å². The fourth-order valence-corrected chi connectivity index (χ4v) is 6.50. The maximum absolute atomic E-state index is 12.7. The number of nitrogens with one attached hydrogen (secondary N) is 1. The van der Waals surface area contributed by atoms with E-state index in [1.165, 1.54) is 19.3 Å². The summed E-state index contributed by atoms with van der Waals surface area (Å²) in [5.74, 6) is 0.916. The molecule has 1 amide bonds. The van der Waals surface area contributed by atoms with Crippen LogP contribution in [0.15, 0.2) is 0 Å². The molecular formula is C16H24BrNO3. The average Bonchev–Trinajstić information content (AvgIpc) is 2.35. The third-order valence-corrected chi connectivity index (χ3v) is 6.35. The summed E-state index contributed by atoms with van der Waals surface area (Å²) in [6.45, 7) is 4.08. The molecule has 0 radical (unpaired) electrons. The fraction of sp³-hybridized carbons (Fsp3) is 0.875. The predicted molar refractivity (Wildman–Crippen MR) is 83.0 cm³/mol. The van der Waals surface area contributed by atoms with Crippen LogP contribution in [0.1, 0.15) is 52.4 Å². The summed E-state index contributed by atoms with van der Waals surface area (Å²) >= 11 is 3.89. The van der Waals surface area contributed by atoms with E-state index in [0.717, 1.165) is 19.3 Å². The number of halogens is 1. The van der Waals surface area contributed by atoms with Crippen LogP contribution in [-0.4, -0.2) is 28.8 Å². The maximum Gasteiger partial charge on any atom is 0.312 e. The van der Waals surface area contributed by atoms with Crippen LogP contribution in [0.4, 0.5) is 0 Å². The molecule has 3 atom stereocenters. The smallest absolute Gasteiger partial charge is 0.312 e. The van der Waals surface area contributed by atoms with Crippen LogP contribution >= 0.6 is 15.9 Å². The van der Waals surface area contributed by atoms with Gasteiger partial charge in [0.2, 0.25) is 0 Å². The summed E-state index contributed by atoms with van der Waals surface area (Å²) in [6, 6.07) is 0. The lowest BCUT2D eigenvalue weighted by Crippen LogP contribution is -2.56. The van der Waals surface area contributed by atoms with Crippen molar-refractivity contribution in [1.82, 2.24) is 5.32 Å². The van der Waals surface area contributed by atoms with Gasteiger partial charge in [-0.05, 0) is 64.2 Å². The first-order valence-electron chi connectivity index (χ1n) is 8.03. The molecular weight excluding hydrogens is 334 g/mol. The Morgan fingerprint density at radius 1 is 1.29 bits per heavy atom. The molecule has 4 rings (SSSR count). The van der Waals surface area contributed by atoms with Gasteiger partial charge >= 0.3 is 5.97 Å². The summed E-state index contributed by atoms with van der Waals surface area (Å²) in [6.07, 6.45) is 5.68. The SMILES string of the molecule is CCNC(=O)[C@H](C)OC(=O)C12C[C@@H]3C[C@H](CC(Br)(C3)C1)C2. The zero-order valence-corrected chi connectivity index (χ0v) is 14.4. The molecule has 4 bridgehead atoms. The molecule has 21 heavy (non-hydrogen) atoms. The van der Waals surface area contributed by atoms with Gasteiger partial charge in [-0.15, -0.1) is 0 Å². The number of likely N-dealkylation sites (N-methyl/N-ethyl adjacent to an activating group) is 1. The van der Waals surface area contributed by atoms with Crippen molar-refractivity contribution in [3.05, 3.63) is 0 Å². The fourth-order valence-electron chi connectivity index (χ4n) is 5.05. The number of ether oxygens (including phenoxy) is 1. The highest BCUT2D eigenvalue weighted by Crippen LogP contribution is 2.64. The third-order valence-electron chi connectivity index (χ3n) is 5.43. The Kier molecular flexibility index (Phi) is 3.83. The van der Waals surface area contributed by atoms with Crippen LogP contribution in [0, 0.1) is 17.3 Å². The standard InChI is InChI=1S/C16H24BrNO3/c1-3-18-13(19)10(2)21-14(20)15-5-11-4-12(6-15)8-16(17,7-11)9-15/h10-12H,3-9H2,1-2H3,(H,18,19)/t10-,11-,12-,15?,16?/m0/s1. The molecule has 118 valence electrons. The van der Waals surface area contributed by atoms with Gasteiger partial charge in [0.05, 0.1) is 5.41 Å². The quantitative estimate of drug-likeness (QED) is 0.621. The lowest BCUT2D eigenvalue weighted by molar-refractivity contribution is -0.176. The van der Waals surface area contributed by atoms with Gasteiger partial charge in [0.25, 0.3) is 5.91 Å². The normalized spacial score (nSPS) is 41.7. The van der Waals surface area contributed by atoms with Crippen LogP contribution in [0.25, 0.3) is 0 Å². The largest absolute Gasteiger partial charge is 0.452 e. The van der Waals surface area contributed by atoms with Gasteiger partial charge in [0, 0.05) is 10.9 Å². The summed E-state index contributed by atoms with van der Waals surface area (Å²) in [5.41, 5.74) is -0.353. The lowest BCUT2D eigenvalue weighted by Gasteiger charge is -2.58. The van der Waals surface area contributed by atoms with Gasteiger partial charge in [0.15, 0.2) is 6.10 Å². The van der Waals surface area contributed by atoms with Gasteiger partial charge in [-0.3, -0.25) is 9.59 Å². The van der Waals surface area contributed by atoms with Crippen molar-refractivity contribution >= 4 is 27.8 Å². The molecule has 0 aromatic carbocycles. The predicted octanol–water partition coefficient (Wildman–Crippen LogP) is 2.79. The van der Waals surface area contributed by atoms with E-state index in [-0.39, 0.29) is 21.6 Å². The number of amides is 1. The van der Waals surface area contributed by atoms with E-state index in [0.29, 0.717) is 18.4 Å². The molecule has 4 aliphatic rings. The summed E-state index contributed by atoms with van der Waals surface area (Å²) in [5, 5.41) is 2.71. The van der Waals surface area contributed by atoms with Crippen molar-refractivity contribution < 1.29 is 14.3 Å². The van der Waals surface area contributed by atoms with Gasteiger partial charge < -0.3 is 10.1 Å². The van der Waals surface area contributed by atoms with Crippen LogP contribution in [-0.2, 0) is 14.3 Å². The monoisotopic (exact) mass is 357 g/mol. The number of hydrogen-bond donors (Lipinski definition) is 1. The summed E-state index contributed by atoms with van der Waals surface area (Å²) in [7, 11) is 0. The topological polar surface area (TPSA) is 55.4 Å². The number of hydrogen-bond acceptors (Lipinski definition) is 3. The van der Waals surface area contributed by atoms with Gasteiger partial charge in [-0.2, -0.15) is 0 Å². The Balaban J connectivity index is 1.71. The van der Waals surface area contributed by atoms with Gasteiger partial charge in [-0.25, -0.2) is 0 Å². The molecule has 5 heteroatoms. The van der Waals surface area contributed by atoms with Crippen LogP contribution in [0.5, 0.6) is 0 Å². The van der Waals surface area contributed by atoms with Crippen molar-refractivity contribution in [2.45, 2.75) is 62.8 Å². The molecule has 1 N–H and O–H groups in total. The van der Waals surface area contributed by atoms with Gasteiger partial charge in [0.1, 0.15) is 0 Å². The molecule has 0 spiro atoms. The molecule has 4 aliphatic carbocycles. The van der Waals surface area contributed by atoms with E-state index >= 15 is 0 Å². The van der Waals surface area contributed by atoms with Gasteiger partial charge in [-0.1, -0.05) is 15.9 Å². The summed E-state index contributed by atoms with van der Waals surface area (Å²) in [4.78, 5) is 24.5. The Hall–Kier alpha value is -0.580. The van der Waals surface area contributed by atoms with Crippen LogP contribution in [0.2, 0.25) is 0 Å². The molecule has 0 unspecified atom stereocenters. The number of carbonyl (C=O) groups is 2. The van der Waals surface area contributed by atoms with Crippen molar-refractivity contribution in [2.24, 2.45) is 17.3 Å². The molecule has 0 saturated heterocycles. The third kappa shape index (κ3) is 2.73. The van der Waals surface area contributed by atoms with E-state index < -0.39 is 6.10 Å². The molecule has 0 heterocycles. The first-order valence-corrected chi connectivity index (χ1v) is 8.83. The first-order chi connectivity index (χ1) is 9.86. The Bertz CT molecular complexity index is 450. The minimum Gasteiger partial charge on any atom is -0.452 e. The Morgan fingerprint density at radius 2 is 1.90 bits per heavy atom. The van der Waals surface area contributed by atoms with E-state index in [1.54, 1.807) is 6.92 Å². The van der Waals surface area contributed by atoms with E-state index in [9.17, 15) is 9.59 Å². The molecule has 0 aliphatic heterocycles. The number of carbonyl (C=O) groups excluding carboxylic acids is 2. The molecule has 0 aromatic heterocycles. The number of rotatable bonds is 4. The molecule has 4 nitrogen and oxygen atoms in total. The van der Waals surface area contributed by atoms with E-state index in [4.69, 9.17) is 4.74 Å². The van der Waals surface area contributed by atoms with E-state index in [2.05, 4.69) is 21.2 Å². The first kappa shape index (κ1) is 15.3. The zero-order valence-electron chi connectivity index (χ0n) is 12.8. The zero-order chi connectivity index (χ0) is 15.3. The molecule has 4 saturated carbocycles. The molecule has 4 fully saturated rings. The summed E-state index contributed by atoms with van der Waals surface area (Å²) < 4.78 is 5.65. The lowest BCUT2D eigenvalue weighted by atomic mass is 9.49. The maximum atomic E-state index is 12.7. The average molecular weight is 358 g/mol. The molecule has 0 aromatic rings. The minimum absolute atomic E-state index is 0.130. The highest BCUT2D eigenvalue weighted by atomic mass is 79.9. The van der Waals surface area contributed by atoms with E-state index in [1.807, 2.05) is 6.92 Å². The highest BCUT2D eigenvalue weighted by molar-refractivity contribution is 9.10. The van der Waals surface area contributed by atoms with Crippen LogP contribution in [0.3, 0.4) is 0 Å². The Labute approximate surface area is 134 Å². The second-order valence-electron chi connectivity index (χ2n) is 7.33. The second kappa shape index (κ2) is 5.25. The van der Waals surface area contributed by atoms with Crippen molar-refractivity contribution in [1.29, 1.82) is 0 Å². The van der Waals surface area contributed by atoms with Crippen LogP contribution < -0.4 is 5.32 Å². The Morgan fingerprint density at radius 3 is 2.43 bits per heavy atom. The van der Waals surface area contributed by atoms with Crippen molar-refractivity contribution in [3.8, 4) is 0 Å². The highest BCUT2D eigenvalue weighted by Gasteiger charge is 2.60. The number of alkyl halides is 1.